The first-order valence-corrected chi connectivity index (χ1v) is 8.58. The van der Waals surface area contributed by atoms with E-state index < -0.39 is 0 Å². The second-order valence-corrected chi connectivity index (χ2v) is 7.08. The first kappa shape index (κ1) is 14.0. The van der Waals surface area contributed by atoms with E-state index in [1.54, 1.807) is 0 Å². The van der Waals surface area contributed by atoms with Gasteiger partial charge in [0.05, 0.1) is 0 Å². The van der Waals surface area contributed by atoms with Gasteiger partial charge in [-0.05, 0) is 24.0 Å². The van der Waals surface area contributed by atoms with Crippen LogP contribution in [0.3, 0.4) is 0 Å². The predicted molar refractivity (Wildman–Crippen MR) is 84.9 cm³/mol. The average Bonchev–Trinajstić information content (AvgIpc) is 3.19. The number of anilines is 1. The van der Waals surface area contributed by atoms with Crippen molar-refractivity contribution in [1.29, 1.82) is 0 Å². The molecule has 1 saturated carbocycles. The number of nitrogens with zero attached hydrogens (tertiary/aromatic N) is 1. The highest BCUT2D eigenvalue weighted by Gasteiger charge is 2.39. The lowest BCUT2D eigenvalue weighted by atomic mass is 10.1. The van der Waals surface area contributed by atoms with Crippen LogP contribution < -0.4 is 5.32 Å². The number of amides is 1. The molecule has 0 spiro atoms. The van der Waals surface area contributed by atoms with Crippen LogP contribution in [0.25, 0.3) is 0 Å². The summed E-state index contributed by atoms with van der Waals surface area (Å²) in [6.07, 6.45) is 1.04. The summed E-state index contributed by atoms with van der Waals surface area (Å²) < 4.78 is 0. The number of carbonyl (C=O) groups excluding carboxylic acids is 1. The lowest BCUT2D eigenvalue weighted by molar-refractivity contribution is -0.117. The van der Waals surface area contributed by atoms with Crippen LogP contribution in [-0.2, 0) is 11.3 Å². The number of carbonyl (C=O) groups is 1. The quantitative estimate of drug-likeness (QED) is 0.925. The summed E-state index contributed by atoms with van der Waals surface area (Å²) in [7, 11) is 0. The van der Waals surface area contributed by atoms with E-state index in [2.05, 4.69) is 29.3 Å². The van der Waals surface area contributed by atoms with Crippen molar-refractivity contribution in [1.82, 2.24) is 4.90 Å². The summed E-state index contributed by atoms with van der Waals surface area (Å²) >= 11 is 2.03. The minimum atomic E-state index is 0.194. The maximum Gasteiger partial charge on any atom is 0.227 e. The van der Waals surface area contributed by atoms with E-state index in [0.29, 0.717) is 5.92 Å². The highest BCUT2D eigenvalue weighted by Crippen LogP contribution is 2.38. The fraction of sp³-hybridized carbons (Fsp3) is 0.562. The summed E-state index contributed by atoms with van der Waals surface area (Å²) in [5.41, 5.74) is 2.23. The zero-order valence-corrected chi connectivity index (χ0v) is 12.8. The molecule has 1 aliphatic carbocycles. The van der Waals surface area contributed by atoms with Gasteiger partial charge in [0.25, 0.3) is 0 Å². The molecule has 0 bridgehead atoms. The van der Waals surface area contributed by atoms with Crippen molar-refractivity contribution in [2.75, 3.05) is 29.9 Å². The molecule has 4 heteroatoms. The Labute approximate surface area is 125 Å². The Morgan fingerprint density at radius 2 is 2.05 bits per heavy atom. The van der Waals surface area contributed by atoms with E-state index in [9.17, 15) is 4.79 Å². The van der Waals surface area contributed by atoms with Gasteiger partial charge in [-0.3, -0.25) is 9.69 Å². The van der Waals surface area contributed by atoms with Gasteiger partial charge in [0.15, 0.2) is 0 Å². The topological polar surface area (TPSA) is 32.3 Å². The molecular formula is C16H22N2OS. The van der Waals surface area contributed by atoms with Gasteiger partial charge in [-0.25, -0.2) is 0 Å². The molecule has 1 aromatic carbocycles. The van der Waals surface area contributed by atoms with Crippen LogP contribution >= 0.6 is 11.8 Å². The largest absolute Gasteiger partial charge is 0.326 e. The third-order valence-corrected chi connectivity index (χ3v) is 5.16. The molecule has 1 aromatic rings. The van der Waals surface area contributed by atoms with E-state index in [-0.39, 0.29) is 11.8 Å². The summed E-state index contributed by atoms with van der Waals surface area (Å²) in [5, 5.41) is 3.12. The Hall–Kier alpha value is -1.00. The normalized spacial score (nSPS) is 26.2. The lowest BCUT2D eigenvalue weighted by Gasteiger charge is -2.27. The molecule has 1 heterocycles. The highest BCUT2D eigenvalue weighted by atomic mass is 32.2. The zero-order chi connectivity index (χ0) is 13.9. The van der Waals surface area contributed by atoms with Crippen LogP contribution in [0.5, 0.6) is 0 Å². The third kappa shape index (κ3) is 3.36. The van der Waals surface area contributed by atoms with Crippen molar-refractivity contribution in [3.05, 3.63) is 29.8 Å². The summed E-state index contributed by atoms with van der Waals surface area (Å²) in [5.74, 6) is 3.41. The van der Waals surface area contributed by atoms with Gasteiger partial charge in [-0.1, -0.05) is 25.1 Å². The molecule has 108 valence electrons. The van der Waals surface area contributed by atoms with E-state index in [4.69, 9.17) is 0 Å². The first-order valence-electron chi connectivity index (χ1n) is 7.43. The minimum Gasteiger partial charge on any atom is -0.326 e. The smallest absolute Gasteiger partial charge is 0.227 e. The Morgan fingerprint density at radius 1 is 1.35 bits per heavy atom. The second kappa shape index (κ2) is 6.19. The molecule has 0 radical (unpaired) electrons. The Bertz CT molecular complexity index is 485. The molecule has 2 fully saturated rings. The van der Waals surface area contributed by atoms with Crippen molar-refractivity contribution in [2.45, 2.75) is 19.9 Å². The molecule has 20 heavy (non-hydrogen) atoms. The SMILES string of the molecule is C[C@H]1C[C@@H]1C(=O)Nc1ccccc1CN1CCSCC1. The first-order chi connectivity index (χ1) is 9.74. The van der Waals surface area contributed by atoms with Gasteiger partial charge >= 0.3 is 0 Å². The van der Waals surface area contributed by atoms with E-state index in [0.717, 1.165) is 31.7 Å². The fourth-order valence-electron chi connectivity index (χ4n) is 2.69. The molecule has 0 aromatic heterocycles. The van der Waals surface area contributed by atoms with Crippen LogP contribution in [0.15, 0.2) is 24.3 Å². The van der Waals surface area contributed by atoms with E-state index >= 15 is 0 Å². The van der Waals surface area contributed by atoms with Crippen LogP contribution in [0.2, 0.25) is 0 Å². The molecule has 1 aliphatic heterocycles. The van der Waals surface area contributed by atoms with Gasteiger partial charge in [-0.15, -0.1) is 0 Å². The molecule has 0 unspecified atom stereocenters. The Kier molecular flexibility index (Phi) is 4.32. The van der Waals surface area contributed by atoms with Gasteiger partial charge in [0, 0.05) is 42.7 Å². The monoisotopic (exact) mass is 290 g/mol. The number of benzene rings is 1. The molecule has 2 atom stereocenters. The fourth-order valence-corrected chi connectivity index (χ4v) is 3.67. The van der Waals surface area contributed by atoms with Crippen LogP contribution in [0.4, 0.5) is 5.69 Å². The lowest BCUT2D eigenvalue weighted by Crippen LogP contribution is -2.32. The van der Waals surface area contributed by atoms with Gasteiger partial charge < -0.3 is 5.32 Å². The van der Waals surface area contributed by atoms with E-state index in [1.165, 1.54) is 17.1 Å². The number of rotatable bonds is 4. The van der Waals surface area contributed by atoms with Crippen molar-refractivity contribution in [3.8, 4) is 0 Å². The maximum atomic E-state index is 12.1. The van der Waals surface area contributed by atoms with Gasteiger partial charge in [0.2, 0.25) is 5.91 Å². The summed E-state index contributed by atoms with van der Waals surface area (Å²) in [6.45, 7) is 5.37. The summed E-state index contributed by atoms with van der Waals surface area (Å²) in [4.78, 5) is 14.6. The van der Waals surface area contributed by atoms with Crippen molar-refractivity contribution in [2.24, 2.45) is 11.8 Å². The van der Waals surface area contributed by atoms with Crippen LogP contribution in [-0.4, -0.2) is 35.4 Å². The van der Waals surface area contributed by atoms with Crippen LogP contribution in [0, 0.1) is 11.8 Å². The van der Waals surface area contributed by atoms with Gasteiger partial charge in [-0.2, -0.15) is 11.8 Å². The third-order valence-electron chi connectivity index (χ3n) is 4.22. The minimum absolute atomic E-state index is 0.194. The molecule has 1 amide bonds. The Balaban J connectivity index is 1.65. The molecule has 3 nitrogen and oxygen atoms in total. The second-order valence-electron chi connectivity index (χ2n) is 5.85. The zero-order valence-electron chi connectivity index (χ0n) is 12.0. The standard InChI is InChI=1S/C16H22N2OS/c1-12-10-14(12)16(19)17-15-5-3-2-4-13(15)11-18-6-8-20-9-7-18/h2-5,12,14H,6-11H2,1H3,(H,17,19)/t12-,14-/m0/s1. The molecule has 2 aliphatic rings. The number of thioether (sulfide) groups is 1. The molecule has 1 N–H and O–H groups in total. The van der Waals surface area contributed by atoms with Crippen LogP contribution in [0.1, 0.15) is 18.9 Å². The Morgan fingerprint density at radius 3 is 2.75 bits per heavy atom. The van der Waals surface area contributed by atoms with Crippen molar-refractivity contribution < 1.29 is 4.79 Å². The molecule has 3 rings (SSSR count). The van der Waals surface area contributed by atoms with Crippen molar-refractivity contribution in [3.63, 3.8) is 0 Å². The highest BCUT2D eigenvalue weighted by molar-refractivity contribution is 7.99. The van der Waals surface area contributed by atoms with E-state index in [1.807, 2.05) is 23.9 Å². The summed E-state index contributed by atoms with van der Waals surface area (Å²) in [6, 6.07) is 8.22. The number of para-hydroxylation sites is 1. The van der Waals surface area contributed by atoms with Crippen molar-refractivity contribution >= 4 is 23.4 Å². The number of hydrogen-bond donors (Lipinski definition) is 1. The molecular weight excluding hydrogens is 268 g/mol. The maximum absolute atomic E-state index is 12.1. The number of nitrogens with one attached hydrogen (secondary N) is 1. The van der Waals surface area contributed by atoms with Gasteiger partial charge in [0.1, 0.15) is 0 Å². The number of hydrogen-bond acceptors (Lipinski definition) is 3. The predicted octanol–water partition coefficient (Wildman–Crippen LogP) is 2.83. The average molecular weight is 290 g/mol. The molecule has 1 saturated heterocycles.